The fourth-order valence-corrected chi connectivity index (χ4v) is 8.03. The van der Waals surface area contributed by atoms with E-state index in [0.29, 0.717) is 0 Å². The highest BCUT2D eigenvalue weighted by molar-refractivity contribution is 7.27. The summed E-state index contributed by atoms with van der Waals surface area (Å²) in [5, 5.41) is 8.77. The van der Waals surface area contributed by atoms with Gasteiger partial charge in [-0.25, -0.2) is 0 Å². The molecule has 0 fully saturated rings. The number of benzene rings is 7. The first kappa shape index (κ1) is 23.5. The Hall–Kier alpha value is -5.18. The smallest absolute Gasteiger partial charge is 0.152 e. The first-order chi connectivity index (χ1) is 20.9. The molecule has 0 amide bonds. The molecule has 1 nitrogen and oxygen atoms in total. The van der Waals surface area contributed by atoms with Crippen molar-refractivity contribution in [3.05, 3.63) is 146 Å². The summed E-state index contributed by atoms with van der Waals surface area (Å²) in [4.78, 5) is 0. The maximum atomic E-state index is 6.31. The van der Waals surface area contributed by atoms with E-state index in [0.717, 1.165) is 16.5 Å². The Morgan fingerprint density at radius 1 is 0.357 bits per heavy atom. The van der Waals surface area contributed by atoms with Gasteiger partial charge in [-0.15, -0.1) is 11.3 Å². The van der Waals surface area contributed by atoms with Crippen LogP contribution in [0.4, 0.5) is 0 Å². The molecule has 0 aliphatic heterocycles. The van der Waals surface area contributed by atoms with Crippen molar-refractivity contribution < 1.29 is 4.42 Å². The van der Waals surface area contributed by atoms with E-state index >= 15 is 0 Å². The summed E-state index contributed by atoms with van der Waals surface area (Å²) in [5.41, 5.74) is 8.37. The Morgan fingerprint density at radius 2 is 0.881 bits per heavy atom. The van der Waals surface area contributed by atoms with Gasteiger partial charge >= 0.3 is 0 Å². The molecule has 7 aromatic carbocycles. The molecular formula is C40H24OS. The average molecular weight is 553 g/mol. The summed E-state index contributed by atoms with van der Waals surface area (Å²) in [6.07, 6.45) is 1.91. The van der Waals surface area contributed by atoms with Crippen molar-refractivity contribution in [3.63, 3.8) is 0 Å². The Morgan fingerprint density at radius 3 is 1.55 bits per heavy atom. The van der Waals surface area contributed by atoms with Crippen molar-refractivity contribution in [2.75, 3.05) is 0 Å². The molecule has 9 rings (SSSR count). The van der Waals surface area contributed by atoms with E-state index in [2.05, 4.69) is 140 Å². The number of hydrogen-bond acceptors (Lipinski definition) is 2. The molecule has 0 unspecified atom stereocenters. The van der Waals surface area contributed by atoms with Crippen molar-refractivity contribution >= 4 is 64.0 Å². The zero-order valence-corrected chi connectivity index (χ0v) is 23.5. The van der Waals surface area contributed by atoms with Crippen LogP contribution in [0.1, 0.15) is 0 Å². The molecule has 0 spiro atoms. The summed E-state index contributed by atoms with van der Waals surface area (Å²) in [6.45, 7) is 0. The third kappa shape index (κ3) is 3.36. The van der Waals surface area contributed by atoms with E-state index in [4.69, 9.17) is 4.42 Å². The summed E-state index contributed by atoms with van der Waals surface area (Å²) in [5.74, 6) is 0. The van der Waals surface area contributed by atoms with Gasteiger partial charge in [-0.3, -0.25) is 0 Å². The lowest BCUT2D eigenvalue weighted by Gasteiger charge is -2.18. The van der Waals surface area contributed by atoms with Gasteiger partial charge in [0, 0.05) is 32.0 Å². The molecule has 42 heavy (non-hydrogen) atoms. The summed E-state index contributed by atoms with van der Waals surface area (Å²) >= 11 is 1.85. The van der Waals surface area contributed by atoms with Gasteiger partial charge in [-0.1, -0.05) is 133 Å². The normalized spacial score (nSPS) is 11.8. The van der Waals surface area contributed by atoms with E-state index in [1.807, 2.05) is 17.6 Å². The Bertz CT molecular complexity index is 2390. The molecule has 0 aliphatic rings. The minimum absolute atomic E-state index is 0.965. The van der Waals surface area contributed by atoms with Gasteiger partial charge in [0.05, 0.1) is 11.0 Å². The maximum Gasteiger partial charge on any atom is 0.152 e. The van der Waals surface area contributed by atoms with Crippen LogP contribution in [-0.4, -0.2) is 0 Å². The van der Waals surface area contributed by atoms with Gasteiger partial charge in [0.2, 0.25) is 0 Å². The monoisotopic (exact) mass is 552 g/mol. The number of fused-ring (bicyclic) bond motifs is 7. The Labute approximate surface area is 246 Å². The van der Waals surface area contributed by atoms with Crippen LogP contribution in [0.15, 0.2) is 150 Å². The lowest BCUT2D eigenvalue weighted by molar-refractivity contribution is 0.621. The van der Waals surface area contributed by atoms with Gasteiger partial charge in [0.25, 0.3) is 0 Å². The minimum atomic E-state index is 0.965. The van der Waals surface area contributed by atoms with E-state index in [-0.39, 0.29) is 0 Å². The zero-order chi connectivity index (χ0) is 27.6. The minimum Gasteiger partial charge on any atom is -0.462 e. The molecule has 2 heterocycles. The zero-order valence-electron chi connectivity index (χ0n) is 22.7. The highest BCUT2D eigenvalue weighted by atomic mass is 32.1. The number of hydrogen-bond donors (Lipinski definition) is 0. The van der Waals surface area contributed by atoms with Crippen molar-refractivity contribution in [2.24, 2.45) is 0 Å². The Balaban J connectivity index is 1.38. The van der Waals surface area contributed by atoms with Gasteiger partial charge < -0.3 is 4.42 Å². The SMILES string of the molecule is c1ccc(-c2c3ccccc3c(-c3cccc4c3sc3c4ccc4c(-c5ccccc5)coc43)c3ccccc23)cc1. The summed E-state index contributed by atoms with van der Waals surface area (Å²) in [6, 6.07) is 50.3. The molecule has 9 aromatic rings. The Kier molecular flexibility index (Phi) is 5.13. The molecule has 0 saturated heterocycles. The third-order valence-electron chi connectivity index (χ3n) is 8.55. The van der Waals surface area contributed by atoms with Gasteiger partial charge in [-0.05, 0) is 49.9 Å². The van der Waals surface area contributed by atoms with Crippen molar-refractivity contribution in [1.82, 2.24) is 0 Å². The highest BCUT2D eigenvalue weighted by Gasteiger charge is 2.20. The maximum absolute atomic E-state index is 6.31. The lowest BCUT2D eigenvalue weighted by atomic mass is 9.86. The van der Waals surface area contributed by atoms with Crippen LogP contribution in [0.5, 0.6) is 0 Å². The van der Waals surface area contributed by atoms with Crippen LogP contribution in [0.2, 0.25) is 0 Å². The van der Waals surface area contributed by atoms with Crippen LogP contribution in [0.25, 0.3) is 86.1 Å². The first-order valence-electron chi connectivity index (χ1n) is 14.3. The average Bonchev–Trinajstić information content (AvgIpc) is 3.66. The highest BCUT2D eigenvalue weighted by Crippen LogP contribution is 2.49. The molecule has 0 radical (unpaired) electrons. The number of furan rings is 1. The predicted octanol–water partition coefficient (Wildman–Crippen LogP) is 12.1. The third-order valence-corrected chi connectivity index (χ3v) is 9.81. The second-order valence-electron chi connectivity index (χ2n) is 10.8. The molecule has 0 saturated carbocycles. The van der Waals surface area contributed by atoms with Gasteiger partial charge in [-0.2, -0.15) is 0 Å². The van der Waals surface area contributed by atoms with E-state index in [1.165, 1.54) is 69.5 Å². The number of thiophene rings is 1. The molecule has 2 aromatic heterocycles. The second kappa shape index (κ2) is 9.17. The standard InChI is InChI=1S/C40H24OS/c1-3-12-25(13-4-1)35-24-41-38-31(35)22-23-33-32-20-11-21-34(39(32)42-40(33)38)37-29-18-9-7-16-27(29)36(26-14-5-2-6-15-26)28-17-8-10-19-30(28)37/h1-24H. The fourth-order valence-electron chi connectivity index (χ4n) is 6.72. The van der Waals surface area contributed by atoms with Crippen LogP contribution < -0.4 is 0 Å². The lowest BCUT2D eigenvalue weighted by Crippen LogP contribution is -1.90. The van der Waals surface area contributed by atoms with Gasteiger partial charge in [0.15, 0.2) is 5.58 Å². The fraction of sp³-hybridized carbons (Fsp3) is 0. The van der Waals surface area contributed by atoms with E-state index in [1.54, 1.807) is 0 Å². The van der Waals surface area contributed by atoms with Gasteiger partial charge in [0.1, 0.15) is 0 Å². The van der Waals surface area contributed by atoms with Crippen LogP contribution >= 0.6 is 11.3 Å². The molecular weight excluding hydrogens is 529 g/mol. The predicted molar refractivity (Wildman–Crippen MR) is 180 cm³/mol. The summed E-state index contributed by atoms with van der Waals surface area (Å²) < 4.78 is 8.80. The molecule has 0 N–H and O–H groups in total. The molecule has 0 aliphatic carbocycles. The second-order valence-corrected chi connectivity index (χ2v) is 11.8. The van der Waals surface area contributed by atoms with Crippen molar-refractivity contribution in [2.45, 2.75) is 0 Å². The molecule has 196 valence electrons. The summed E-state index contributed by atoms with van der Waals surface area (Å²) in [7, 11) is 0. The molecule has 0 bridgehead atoms. The van der Waals surface area contributed by atoms with Crippen molar-refractivity contribution in [3.8, 4) is 33.4 Å². The largest absolute Gasteiger partial charge is 0.462 e. The first-order valence-corrected chi connectivity index (χ1v) is 15.1. The quantitative estimate of drug-likeness (QED) is 0.199. The van der Waals surface area contributed by atoms with Crippen LogP contribution in [0.3, 0.4) is 0 Å². The topological polar surface area (TPSA) is 13.1 Å². The molecule has 0 atom stereocenters. The molecule has 2 heteroatoms. The van der Waals surface area contributed by atoms with E-state index in [9.17, 15) is 0 Å². The van der Waals surface area contributed by atoms with E-state index < -0.39 is 0 Å². The van der Waals surface area contributed by atoms with Crippen LogP contribution in [-0.2, 0) is 0 Å². The van der Waals surface area contributed by atoms with Crippen LogP contribution in [0, 0.1) is 0 Å². The number of rotatable bonds is 3. The van der Waals surface area contributed by atoms with Crippen molar-refractivity contribution in [1.29, 1.82) is 0 Å².